The highest BCUT2D eigenvalue weighted by molar-refractivity contribution is 5.73. The number of cyclic esters (lactones) is 1. The number of esters is 1. The molecule has 0 amide bonds. The molecule has 0 aromatic heterocycles. The lowest BCUT2D eigenvalue weighted by Crippen LogP contribution is -2.64. The van der Waals surface area contributed by atoms with Crippen LogP contribution in [0.4, 0.5) is 0 Å². The number of aliphatic hydroxyl groups excluding tert-OH is 2. The number of carbonyl (C=O) groups is 1. The highest BCUT2D eigenvalue weighted by Gasteiger charge is 2.56. The molecular formula is C42H81N3O11. The predicted molar refractivity (Wildman–Crippen MR) is 215 cm³/mol. The van der Waals surface area contributed by atoms with Gasteiger partial charge in [-0.05, 0) is 107 Å². The molecule has 0 spiro atoms. The molecule has 3 saturated heterocycles. The summed E-state index contributed by atoms with van der Waals surface area (Å²) in [5.41, 5.74) is -4.44. The van der Waals surface area contributed by atoms with E-state index in [-0.39, 0.29) is 37.0 Å². The van der Waals surface area contributed by atoms with Crippen LogP contribution in [-0.4, -0.2) is 156 Å². The Labute approximate surface area is 338 Å². The van der Waals surface area contributed by atoms with Crippen LogP contribution >= 0.6 is 0 Å². The molecule has 0 saturated carbocycles. The van der Waals surface area contributed by atoms with E-state index in [1.54, 1.807) is 34.8 Å². The first-order valence-electron chi connectivity index (χ1n) is 21.2. The lowest BCUT2D eigenvalue weighted by atomic mass is 9.67. The van der Waals surface area contributed by atoms with E-state index in [1.165, 1.54) is 6.92 Å². The summed E-state index contributed by atoms with van der Waals surface area (Å²) in [4.78, 5) is 16.3. The van der Waals surface area contributed by atoms with E-state index in [0.717, 1.165) is 13.0 Å². The summed E-state index contributed by atoms with van der Waals surface area (Å²) in [6, 6.07) is -0.833. The van der Waals surface area contributed by atoms with Crippen molar-refractivity contribution in [3.8, 4) is 0 Å². The van der Waals surface area contributed by atoms with Gasteiger partial charge in [0.05, 0.1) is 41.5 Å². The second-order valence-electron chi connectivity index (χ2n) is 18.7. The molecule has 0 aromatic carbocycles. The smallest absolute Gasteiger partial charge is 0.311 e. The zero-order valence-electron chi connectivity index (χ0n) is 37.3. The number of nitrogens with one attached hydrogen (secondary N) is 2. The SMILES string of the molecule is CCCNC[C@]1(C)C(C)O[C@@H](OC2C(C)C(=O)OC(CC)[C@@](C)(O)[C@H](O)[C@@H](C)NC[C@H](C)C[C@](C)(O)[C@H](OC3OC(C)CC(N(C)C)[C@H]3O)C2C)C[C@@]1(C)OC. The Balaban J connectivity index is 2.16. The van der Waals surface area contributed by atoms with Crippen LogP contribution in [0.3, 0.4) is 0 Å². The summed E-state index contributed by atoms with van der Waals surface area (Å²) >= 11 is 0. The van der Waals surface area contributed by atoms with Crippen molar-refractivity contribution in [1.82, 2.24) is 15.5 Å². The quantitative estimate of drug-likeness (QED) is 0.132. The minimum Gasteiger partial charge on any atom is -0.459 e. The van der Waals surface area contributed by atoms with E-state index in [0.29, 0.717) is 25.9 Å². The number of rotatable bonds is 11. The number of likely N-dealkylation sites (N-methyl/N-ethyl adjacent to an activating group) is 1. The largest absolute Gasteiger partial charge is 0.459 e. The van der Waals surface area contributed by atoms with E-state index >= 15 is 0 Å². The first-order valence-corrected chi connectivity index (χ1v) is 21.2. The minimum atomic E-state index is -1.79. The topological polar surface area (TPSA) is 181 Å². The lowest BCUT2D eigenvalue weighted by molar-refractivity contribution is -0.323. The zero-order chi connectivity index (χ0) is 42.6. The van der Waals surface area contributed by atoms with E-state index in [9.17, 15) is 25.2 Å². The normalized spacial score (nSPS) is 47.9. The Morgan fingerprint density at radius 1 is 0.964 bits per heavy atom. The van der Waals surface area contributed by atoms with Crippen molar-refractivity contribution < 1.29 is 53.6 Å². The van der Waals surface area contributed by atoms with Gasteiger partial charge in [-0.1, -0.05) is 34.6 Å². The summed E-state index contributed by atoms with van der Waals surface area (Å²) in [5, 5.41) is 54.1. The summed E-state index contributed by atoms with van der Waals surface area (Å²) in [7, 11) is 5.50. The zero-order valence-corrected chi connectivity index (χ0v) is 37.3. The van der Waals surface area contributed by atoms with Crippen molar-refractivity contribution in [2.24, 2.45) is 23.2 Å². The molecule has 3 fully saturated rings. The van der Waals surface area contributed by atoms with Crippen LogP contribution < -0.4 is 10.6 Å². The highest BCUT2D eigenvalue weighted by Crippen LogP contribution is 2.47. The molecule has 0 bridgehead atoms. The second kappa shape index (κ2) is 20.0. The molecule has 0 radical (unpaired) electrons. The van der Waals surface area contributed by atoms with Gasteiger partial charge in [0.15, 0.2) is 12.6 Å². The summed E-state index contributed by atoms with van der Waals surface area (Å²) < 4.78 is 39.0. The number of aliphatic hydroxyl groups is 4. The van der Waals surface area contributed by atoms with Crippen molar-refractivity contribution in [2.45, 2.75) is 199 Å². The molecule has 14 nitrogen and oxygen atoms in total. The van der Waals surface area contributed by atoms with Crippen LogP contribution in [0.1, 0.15) is 115 Å². The number of ether oxygens (including phenoxy) is 6. The van der Waals surface area contributed by atoms with Gasteiger partial charge in [-0.2, -0.15) is 0 Å². The third kappa shape index (κ3) is 11.0. The van der Waals surface area contributed by atoms with Crippen molar-refractivity contribution in [1.29, 1.82) is 0 Å². The summed E-state index contributed by atoms with van der Waals surface area (Å²) in [6.07, 6.45) is -5.39. The Morgan fingerprint density at radius 3 is 2.18 bits per heavy atom. The fraction of sp³-hybridized carbons (Fsp3) is 0.976. The minimum absolute atomic E-state index is 0.140. The summed E-state index contributed by atoms with van der Waals surface area (Å²) in [5.74, 6) is -2.46. The molecule has 0 aromatic rings. The molecule has 18 atom stereocenters. The maximum Gasteiger partial charge on any atom is 0.311 e. The fourth-order valence-corrected chi connectivity index (χ4v) is 9.43. The predicted octanol–water partition coefficient (Wildman–Crippen LogP) is 3.20. The van der Waals surface area contributed by atoms with Gasteiger partial charge in [0.2, 0.25) is 0 Å². The molecule has 3 heterocycles. The first kappa shape index (κ1) is 49.4. The van der Waals surface area contributed by atoms with Crippen LogP contribution in [0.5, 0.6) is 0 Å². The van der Waals surface area contributed by atoms with Gasteiger partial charge in [0.25, 0.3) is 0 Å². The molecule has 14 heteroatoms. The van der Waals surface area contributed by atoms with Crippen LogP contribution in [0.2, 0.25) is 0 Å². The van der Waals surface area contributed by atoms with Gasteiger partial charge in [0, 0.05) is 43.5 Å². The highest BCUT2D eigenvalue weighted by atomic mass is 16.7. The number of carbonyl (C=O) groups excluding carboxylic acids is 1. The van der Waals surface area contributed by atoms with Gasteiger partial charge in [0.1, 0.15) is 23.9 Å². The lowest BCUT2D eigenvalue weighted by Gasteiger charge is -2.55. The molecule has 0 aliphatic carbocycles. The Hall–Kier alpha value is -1.01. The van der Waals surface area contributed by atoms with Crippen molar-refractivity contribution >= 4 is 5.97 Å². The molecule has 3 aliphatic heterocycles. The molecule has 3 rings (SSSR count). The molecular weight excluding hydrogens is 722 g/mol. The Bertz CT molecular complexity index is 1230. The number of hydrogen-bond donors (Lipinski definition) is 6. The standard InChI is InChI=1S/C42H81N3O11/c1-16-18-43-23-39(9)29(8)53-32(21-41(39,11)51-15)55-34-26(5)36(56-38-33(46)30(45(13)14)19-25(4)52-38)40(10,49)20-24(3)22-44-28(7)35(47)42(12,50)31(17-2)54-37(48)27(34)6/h24-36,38,43-44,46-47,49-50H,16-23H2,1-15H3/t24-,25?,26?,27?,28-,29?,30?,31?,32+,33-,34?,35-,36-,38?,39-,40+,41-,42-/m1/s1. The van der Waals surface area contributed by atoms with Crippen molar-refractivity contribution in [3.63, 3.8) is 0 Å². The van der Waals surface area contributed by atoms with Gasteiger partial charge < -0.3 is 64.4 Å². The van der Waals surface area contributed by atoms with Crippen molar-refractivity contribution in [2.75, 3.05) is 40.8 Å². The van der Waals surface area contributed by atoms with E-state index in [1.807, 2.05) is 46.7 Å². The summed E-state index contributed by atoms with van der Waals surface area (Å²) in [6.45, 7) is 24.5. The average Bonchev–Trinajstić information content (AvgIpc) is 3.12. The van der Waals surface area contributed by atoms with Crippen LogP contribution in [0.25, 0.3) is 0 Å². The third-order valence-electron chi connectivity index (χ3n) is 13.6. The van der Waals surface area contributed by atoms with E-state index in [2.05, 4.69) is 31.4 Å². The third-order valence-corrected chi connectivity index (χ3v) is 13.6. The van der Waals surface area contributed by atoms with Gasteiger partial charge >= 0.3 is 5.97 Å². The van der Waals surface area contributed by atoms with E-state index in [4.69, 9.17) is 28.4 Å². The molecule has 6 N–H and O–H groups in total. The van der Waals surface area contributed by atoms with Gasteiger partial charge in [-0.15, -0.1) is 0 Å². The maximum atomic E-state index is 14.4. The van der Waals surface area contributed by atoms with Crippen molar-refractivity contribution in [3.05, 3.63) is 0 Å². The average molecular weight is 804 g/mol. The molecule has 330 valence electrons. The second-order valence-corrected chi connectivity index (χ2v) is 18.7. The molecule has 56 heavy (non-hydrogen) atoms. The molecule has 3 aliphatic rings. The number of hydrogen-bond acceptors (Lipinski definition) is 14. The first-order chi connectivity index (χ1) is 25.9. The van der Waals surface area contributed by atoms with Crippen LogP contribution in [0.15, 0.2) is 0 Å². The fourth-order valence-electron chi connectivity index (χ4n) is 9.43. The van der Waals surface area contributed by atoms with Crippen LogP contribution in [0, 0.1) is 23.2 Å². The Kier molecular flexibility index (Phi) is 17.7. The number of methoxy groups -OCH3 is 1. The molecule has 8 unspecified atom stereocenters. The number of nitrogens with zero attached hydrogens (tertiary/aromatic N) is 1. The Morgan fingerprint density at radius 2 is 1.61 bits per heavy atom. The van der Waals surface area contributed by atoms with Crippen LogP contribution in [-0.2, 0) is 33.2 Å². The van der Waals surface area contributed by atoms with Gasteiger partial charge in [-0.3, -0.25) is 4.79 Å². The monoisotopic (exact) mass is 804 g/mol. The van der Waals surface area contributed by atoms with Gasteiger partial charge in [-0.25, -0.2) is 0 Å². The van der Waals surface area contributed by atoms with E-state index < -0.39 is 89.2 Å². The maximum absolute atomic E-state index is 14.4.